The molecule has 2 aliphatic rings. The summed E-state index contributed by atoms with van der Waals surface area (Å²) in [5.74, 6) is -0.981. The van der Waals surface area contributed by atoms with Crippen molar-refractivity contribution in [3.8, 4) is 0 Å². The third-order valence-corrected chi connectivity index (χ3v) is 5.65. The molecule has 2 fully saturated rings. The molecule has 0 saturated carbocycles. The highest BCUT2D eigenvalue weighted by Gasteiger charge is 2.47. The second-order valence-corrected chi connectivity index (χ2v) is 7.02. The molecule has 3 amide bonds. The Morgan fingerprint density at radius 2 is 1.88 bits per heavy atom. The number of rotatable bonds is 3. The maximum atomic E-state index is 12.8. The Bertz CT molecular complexity index is 702. The first-order valence-electron chi connectivity index (χ1n) is 7.85. The number of hydrogen-bond donors (Lipinski definition) is 2. The molecule has 0 radical (unpaired) electrons. The molecule has 2 aliphatic heterocycles. The molecule has 6 nitrogen and oxygen atoms in total. The van der Waals surface area contributed by atoms with E-state index in [4.69, 9.17) is 28.9 Å². The van der Waals surface area contributed by atoms with E-state index in [1.54, 1.807) is 18.2 Å². The second-order valence-electron chi connectivity index (χ2n) is 6.23. The topological polar surface area (TPSA) is 84.9 Å². The number of halogens is 2. The standard InChI is InChI=1S/C16H17Cl2N3O3/c17-10-2-1-3-11(14(10)18)21-13(22)8-12(16(21)24)20-6-4-9(5-7-20)15(19)23/h1-3,9,12H,4-8H2,(H2,19,23)/p+1/t12-/m0/s1. The Labute approximate surface area is 149 Å². The van der Waals surface area contributed by atoms with E-state index in [2.05, 4.69) is 0 Å². The number of quaternary nitrogens is 1. The fourth-order valence-corrected chi connectivity index (χ4v) is 3.87. The molecular weight excluding hydrogens is 353 g/mol. The van der Waals surface area contributed by atoms with Crippen LogP contribution in [0.2, 0.25) is 10.0 Å². The number of carbonyl (C=O) groups excluding carboxylic acids is 3. The summed E-state index contributed by atoms with van der Waals surface area (Å²) in [5.41, 5.74) is 5.67. The first kappa shape index (κ1) is 17.2. The van der Waals surface area contributed by atoms with E-state index in [-0.39, 0.29) is 35.1 Å². The average Bonchev–Trinajstić information content (AvgIpc) is 2.85. The molecule has 24 heavy (non-hydrogen) atoms. The number of nitrogens with one attached hydrogen (secondary N) is 1. The number of hydrogen-bond acceptors (Lipinski definition) is 3. The third-order valence-electron chi connectivity index (χ3n) is 4.84. The van der Waals surface area contributed by atoms with Gasteiger partial charge in [0, 0.05) is 18.8 Å². The van der Waals surface area contributed by atoms with Crippen molar-refractivity contribution in [2.24, 2.45) is 11.7 Å². The third kappa shape index (κ3) is 3.01. The Morgan fingerprint density at radius 1 is 1.21 bits per heavy atom. The minimum Gasteiger partial charge on any atom is -0.369 e. The predicted octanol–water partition coefficient (Wildman–Crippen LogP) is 0.406. The lowest BCUT2D eigenvalue weighted by Crippen LogP contribution is -3.17. The van der Waals surface area contributed by atoms with E-state index in [1.165, 1.54) is 0 Å². The molecule has 0 aliphatic carbocycles. The fourth-order valence-electron chi connectivity index (χ4n) is 3.49. The van der Waals surface area contributed by atoms with Gasteiger partial charge in [-0.15, -0.1) is 0 Å². The molecule has 128 valence electrons. The number of benzene rings is 1. The summed E-state index contributed by atoms with van der Waals surface area (Å²) in [4.78, 5) is 38.6. The molecule has 0 unspecified atom stereocenters. The number of likely N-dealkylation sites (tertiary alicyclic amines) is 1. The molecule has 0 bridgehead atoms. The summed E-state index contributed by atoms with van der Waals surface area (Å²) in [6.45, 7) is 1.29. The monoisotopic (exact) mass is 370 g/mol. The lowest BCUT2D eigenvalue weighted by molar-refractivity contribution is -0.920. The van der Waals surface area contributed by atoms with Crippen LogP contribution < -0.4 is 15.5 Å². The number of nitrogens with two attached hydrogens (primary N) is 1. The molecule has 2 saturated heterocycles. The number of amides is 3. The van der Waals surface area contributed by atoms with Gasteiger partial charge >= 0.3 is 0 Å². The molecular formula is C16H18Cl2N3O3+. The zero-order valence-corrected chi connectivity index (χ0v) is 14.4. The van der Waals surface area contributed by atoms with Crippen molar-refractivity contribution in [3.63, 3.8) is 0 Å². The minimum absolute atomic E-state index is 0.137. The molecule has 1 atom stereocenters. The summed E-state index contributed by atoms with van der Waals surface area (Å²) in [7, 11) is 0. The van der Waals surface area contributed by atoms with Gasteiger partial charge in [0.05, 0.1) is 35.2 Å². The maximum absolute atomic E-state index is 12.8. The molecule has 2 heterocycles. The van der Waals surface area contributed by atoms with Crippen molar-refractivity contribution < 1.29 is 19.3 Å². The van der Waals surface area contributed by atoms with Crippen LogP contribution in [0.3, 0.4) is 0 Å². The van der Waals surface area contributed by atoms with Crippen LogP contribution in [0.25, 0.3) is 0 Å². The van der Waals surface area contributed by atoms with Crippen LogP contribution in [0.1, 0.15) is 19.3 Å². The Morgan fingerprint density at radius 3 is 2.50 bits per heavy atom. The Hall–Kier alpha value is -1.63. The van der Waals surface area contributed by atoms with E-state index < -0.39 is 6.04 Å². The molecule has 1 aromatic carbocycles. The Balaban J connectivity index is 1.78. The van der Waals surface area contributed by atoms with E-state index in [9.17, 15) is 14.4 Å². The average molecular weight is 371 g/mol. The largest absolute Gasteiger partial charge is 0.369 e. The summed E-state index contributed by atoms with van der Waals surface area (Å²) < 4.78 is 0. The smallest absolute Gasteiger partial charge is 0.292 e. The highest BCUT2D eigenvalue weighted by atomic mass is 35.5. The van der Waals surface area contributed by atoms with E-state index in [1.807, 2.05) is 0 Å². The number of carbonyl (C=O) groups is 3. The van der Waals surface area contributed by atoms with Crippen LogP contribution in [-0.4, -0.2) is 36.9 Å². The molecule has 3 rings (SSSR count). The van der Waals surface area contributed by atoms with Gasteiger partial charge in [-0.1, -0.05) is 29.3 Å². The van der Waals surface area contributed by atoms with Crippen molar-refractivity contribution in [1.82, 2.24) is 0 Å². The van der Waals surface area contributed by atoms with Gasteiger partial charge in [-0.3, -0.25) is 14.4 Å². The molecule has 0 aromatic heterocycles. The van der Waals surface area contributed by atoms with Gasteiger partial charge in [-0.25, -0.2) is 4.90 Å². The first-order chi connectivity index (χ1) is 11.4. The summed E-state index contributed by atoms with van der Waals surface area (Å²) in [6, 6.07) is 4.43. The molecule has 3 N–H and O–H groups in total. The predicted molar refractivity (Wildman–Crippen MR) is 90.0 cm³/mol. The van der Waals surface area contributed by atoms with Crippen molar-refractivity contribution in [3.05, 3.63) is 28.2 Å². The van der Waals surface area contributed by atoms with Gasteiger partial charge in [0.25, 0.3) is 5.91 Å². The van der Waals surface area contributed by atoms with Gasteiger partial charge in [0.15, 0.2) is 6.04 Å². The minimum atomic E-state index is -0.443. The highest BCUT2D eigenvalue weighted by Crippen LogP contribution is 2.34. The number of primary amides is 1. The number of anilines is 1. The van der Waals surface area contributed by atoms with Crippen molar-refractivity contribution >= 4 is 46.6 Å². The Kier molecular flexibility index (Phi) is 4.80. The summed E-state index contributed by atoms with van der Waals surface area (Å²) >= 11 is 12.1. The zero-order valence-electron chi connectivity index (χ0n) is 12.9. The molecule has 8 heteroatoms. The van der Waals surface area contributed by atoms with Crippen LogP contribution >= 0.6 is 23.2 Å². The van der Waals surface area contributed by atoms with Gasteiger partial charge in [0.2, 0.25) is 11.8 Å². The van der Waals surface area contributed by atoms with Crippen LogP contribution in [0.15, 0.2) is 18.2 Å². The van der Waals surface area contributed by atoms with Crippen LogP contribution in [-0.2, 0) is 14.4 Å². The van der Waals surface area contributed by atoms with Gasteiger partial charge in [0.1, 0.15) is 0 Å². The number of imide groups is 1. The molecule has 0 spiro atoms. The SMILES string of the molecule is NC(=O)C1CC[NH+]([C@H]2CC(=O)N(c3cccc(Cl)c3Cl)C2=O)CC1. The van der Waals surface area contributed by atoms with Gasteiger partial charge in [-0.2, -0.15) is 0 Å². The van der Waals surface area contributed by atoms with Crippen molar-refractivity contribution in [2.45, 2.75) is 25.3 Å². The van der Waals surface area contributed by atoms with Crippen molar-refractivity contribution in [2.75, 3.05) is 18.0 Å². The fraction of sp³-hybridized carbons (Fsp3) is 0.438. The highest BCUT2D eigenvalue weighted by molar-refractivity contribution is 6.44. The van der Waals surface area contributed by atoms with E-state index in [0.717, 1.165) is 9.80 Å². The normalized spacial score (nSPS) is 27.6. The summed E-state index contributed by atoms with van der Waals surface area (Å²) in [6.07, 6.45) is 1.42. The van der Waals surface area contributed by atoms with Crippen molar-refractivity contribution in [1.29, 1.82) is 0 Å². The lowest BCUT2D eigenvalue weighted by Gasteiger charge is -2.30. The number of piperidine rings is 1. The lowest BCUT2D eigenvalue weighted by atomic mass is 9.95. The zero-order chi connectivity index (χ0) is 17.4. The van der Waals surface area contributed by atoms with Crippen LogP contribution in [0.4, 0.5) is 5.69 Å². The molecule has 1 aromatic rings. The summed E-state index contributed by atoms with van der Waals surface area (Å²) in [5, 5.41) is 0.497. The second kappa shape index (κ2) is 6.70. The van der Waals surface area contributed by atoms with Gasteiger partial charge in [-0.05, 0) is 12.1 Å². The maximum Gasteiger partial charge on any atom is 0.292 e. The van der Waals surface area contributed by atoms with Crippen LogP contribution in [0.5, 0.6) is 0 Å². The number of nitrogens with zero attached hydrogens (tertiary/aromatic N) is 1. The van der Waals surface area contributed by atoms with Crippen LogP contribution in [0, 0.1) is 5.92 Å². The quantitative estimate of drug-likeness (QED) is 0.755. The van der Waals surface area contributed by atoms with Gasteiger partial charge < -0.3 is 10.6 Å². The van der Waals surface area contributed by atoms with E-state index >= 15 is 0 Å². The first-order valence-corrected chi connectivity index (χ1v) is 8.60. The van der Waals surface area contributed by atoms with E-state index in [0.29, 0.717) is 36.6 Å².